The van der Waals surface area contributed by atoms with Crippen molar-refractivity contribution in [3.63, 3.8) is 0 Å². The molecule has 2 N–H and O–H groups in total. The van der Waals surface area contributed by atoms with Gasteiger partial charge in [0.05, 0.1) is 10.7 Å². The van der Waals surface area contributed by atoms with Crippen LogP contribution in [0.15, 0.2) is 18.2 Å². The fourth-order valence-corrected chi connectivity index (χ4v) is 3.67. The van der Waals surface area contributed by atoms with Crippen molar-refractivity contribution in [2.75, 3.05) is 24.5 Å². The van der Waals surface area contributed by atoms with Crippen LogP contribution in [0.4, 0.5) is 5.69 Å². The first-order valence-electron chi connectivity index (χ1n) is 7.98. The van der Waals surface area contributed by atoms with Gasteiger partial charge in [0, 0.05) is 13.1 Å². The van der Waals surface area contributed by atoms with Gasteiger partial charge in [-0.3, -0.25) is 0 Å². The Bertz CT molecular complexity index is 419. The highest BCUT2D eigenvalue weighted by molar-refractivity contribution is 6.33. The van der Waals surface area contributed by atoms with E-state index in [9.17, 15) is 0 Å². The normalized spacial score (nSPS) is 19.9. The van der Waals surface area contributed by atoms with E-state index in [2.05, 4.69) is 17.9 Å². The molecule has 2 rings (SSSR count). The van der Waals surface area contributed by atoms with Gasteiger partial charge < -0.3 is 10.6 Å². The van der Waals surface area contributed by atoms with Gasteiger partial charge in [-0.1, -0.05) is 43.5 Å². The third kappa shape index (κ3) is 3.89. The van der Waals surface area contributed by atoms with Crippen LogP contribution >= 0.6 is 11.6 Å². The average Bonchev–Trinajstić information content (AvgIpc) is 2.66. The monoisotopic (exact) mass is 294 g/mol. The highest BCUT2D eigenvalue weighted by Gasteiger charge is 2.20. The van der Waals surface area contributed by atoms with E-state index >= 15 is 0 Å². The van der Waals surface area contributed by atoms with E-state index < -0.39 is 0 Å². The van der Waals surface area contributed by atoms with E-state index in [1.54, 1.807) is 0 Å². The first-order valence-corrected chi connectivity index (χ1v) is 8.36. The Morgan fingerprint density at radius 1 is 1.30 bits per heavy atom. The minimum absolute atomic E-state index is 0.680. The molecule has 1 fully saturated rings. The Labute approximate surface area is 128 Å². The van der Waals surface area contributed by atoms with Crippen molar-refractivity contribution < 1.29 is 0 Å². The van der Waals surface area contributed by atoms with Crippen LogP contribution in [-0.4, -0.2) is 19.6 Å². The molecule has 1 aliphatic heterocycles. The number of rotatable bonds is 5. The Kier molecular flexibility index (Phi) is 6.18. The van der Waals surface area contributed by atoms with E-state index in [-0.39, 0.29) is 0 Å². The lowest BCUT2D eigenvalue weighted by atomic mass is 9.96. The Morgan fingerprint density at radius 3 is 2.90 bits per heavy atom. The van der Waals surface area contributed by atoms with Gasteiger partial charge in [-0.15, -0.1) is 0 Å². The van der Waals surface area contributed by atoms with Crippen molar-refractivity contribution in [3.05, 3.63) is 28.8 Å². The third-order valence-corrected chi connectivity index (χ3v) is 4.65. The molecule has 1 aliphatic rings. The summed E-state index contributed by atoms with van der Waals surface area (Å²) in [5.74, 6) is 0.894. The summed E-state index contributed by atoms with van der Waals surface area (Å²) in [4.78, 5) is 2.49. The molecule has 1 heterocycles. The average molecular weight is 295 g/mol. The molecule has 0 aromatic heterocycles. The van der Waals surface area contributed by atoms with Crippen LogP contribution in [0.3, 0.4) is 0 Å². The van der Waals surface area contributed by atoms with Crippen molar-refractivity contribution in [1.29, 1.82) is 0 Å². The molecule has 3 heteroatoms. The summed E-state index contributed by atoms with van der Waals surface area (Å²) in [6.45, 7) is 5.23. The summed E-state index contributed by atoms with van der Waals surface area (Å²) in [5.41, 5.74) is 8.27. The predicted octanol–water partition coefficient (Wildman–Crippen LogP) is 4.25. The lowest BCUT2D eigenvalue weighted by Crippen LogP contribution is -2.26. The summed E-state index contributed by atoms with van der Waals surface area (Å²) in [7, 11) is 0. The van der Waals surface area contributed by atoms with E-state index in [1.165, 1.54) is 43.4 Å². The summed E-state index contributed by atoms with van der Waals surface area (Å²) in [6.07, 6.45) is 7.51. The van der Waals surface area contributed by atoms with Crippen molar-refractivity contribution >= 4 is 17.3 Å². The summed E-state index contributed by atoms with van der Waals surface area (Å²) in [6, 6.07) is 6.21. The van der Waals surface area contributed by atoms with Crippen LogP contribution < -0.4 is 10.6 Å². The number of hydrogen-bond donors (Lipinski definition) is 1. The first-order chi connectivity index (χ1) is 9.76. The molecule has 0 amide bonds. The van der Waals surface area contributed by atoms with Crippen LogP contribution in [0.25, 0.3) is 0 Å². The molecule has 0 aliphatic carbocycles. The van der Waals surface area contributed by atoms with Gasteiger partial charge in [0.25, 0.3) is 0 Å². The van der Waals surface area contributed by atoms with Crippen molar-refractivity contribution in [1.82, 2.24) is 0 Å². The Balaban J connectivity index is 2.14. The smallest absolute Gasteiger partial charge is 0.0642 e. The third-order valence-electron chi connectivity index (χ3n) is 4.34. The number of anilines is 1. The molecule has 0 saturated carbocycles. The summed E-state index contributed by atoms with van der Waals surface area (Å²) >= 11 is 6.47. The highest BCUT2D eigenvalue weighted by Crippen LogP contribution is 2.33. The second-order valence-electron chi connectivity index (χ2n) is 5.86. The molecule has 0 bridgehead atoms. The molecular weight excluding hydrogens is 268 g/mol. The minimum atomic E-state index is 0.680. The maximum atomic E-state index is 6.47. The maximum absolute atomic E-state index is 6.47. The standard InChI is InChI=1S/C17H27ClN2/c1-2-5-14-6-4-12-20(13-10-14)17-15(9-11-19)7-3-8-16(17)18/h3,7-8,14H,2,4-6,9-13,19H2,1H3. The van der Waals surface area contributed by atoms with E-state index in [0.29, 0.717) is 6.54 Å². The fraction of sp³-hybridized carbons (Fsp3) is 0.647. The molecule has 1 saturated heterocycles. The van der Waals surface area contributed by atoms with Crippen LogP contribution in [0.1, 0.15) is 44.6 Å². The molecule has 1 aromatic rings. The first kappa shape index (κ1) is 15.7. The second-order valence-corrected chi connectivity index (χ2v) is 6.27. The topological polar surface area (TPSA) is 29.3 Å². The minimum Gasteiger partial charge on any atom is -0.370 e. The van der Waals surface area contributed by atoms with E-state index in [0.717, 1.165) is 30.5 Å². The quantitative estimate of drug-likeness (QED) is 0.880. The molecule has 0 radical (unpaired) electrons. The zero-order valence-corrected chi connectivity index (χ0v) is 13.3. The molecule has 1 unspecified atom stereocenters. The Hall–Kier alpha value is -0.730. The molecule has 1 atom stereocenters. The number of nitrogens with zero attached hydrogens (tertiary/aromatic N) is 1. The SMILES string of the molecule is CCCC1CCCN(c2c(Cl)cccc2CCN)CC1. The number of hydrogen-bond acceptors (Lipinski definition) is 2. The van der Waals surface area contributed by atoms with Crippen LogP contribution in [0.2, 0.25) is 5.02 Å². The number of para-hydroxylation sites is 1. The molecule has 20 heavy (non-hydrogen) atoms. The van der Waals surface area contributed by atoms with Crippen LogP contribution in [0, 0.1) is 5.92 Å². The fourth-order valence-electron chi connectivity index (χ4n) is 3.36. The van der Waals surface area contributed by atoms with Gasteiger partial charge in [0.2, 0.25) is 0 Å². The molecule has 1 aromatic carbocycles. The lowest BCUT2D eigenvalue weighted by Gasteiger charge is -2.27. The maximum Gasteiger partial charge on any atom is 0.0642 e. The zero-order chi connectivity index (χ0) is 14.4. The molecule has 0 spiro atoms. The van der Waals surface area contributed by atoms with Gasteiger partial charge in [-0.2, -0.15) is 0 Å². The number of nitrogens with two attached hydrogens (primary N) is 1. The predicted molar refractivity (Wildman–Crippen MR) is 88.7 cm³/mol. The second kappa shape index (κ2) is 7.90. The Morgan fingerprint density at radius 2 is 2.15 bits per heavy atom. The van der Waals surface area contributed by atoms with Gasteiger partial charge in [-0.25, -0.2) is 0 Å². The number of benzene rings is 1. The molecular formula is C17H27ClN2. The largest absolute Gasteiger partial charge is 0.370 e. The lowest BCUT2D eigenvalue weighted by molar-refractivity contribution is 0.435. The van der Waals surface area contributed by atoms with Crippen molar-refractivity contribution in [2.24, 2.45) is 11.7 Å². The van der Waals surface area contributed by atoms with E-state index in [4.69, 9.17) is 17.3 Å². The van der Waals surface area contributed by atoms with Crippen LogP contribution in [0.5, 0.6) is 0 Å². The van der Waals surface area contributed by atoms with Gasteiger partial charge in [0.15, 0.2) is 0 Å². The number of halogens is 1. The van der Waals surface area contributed by atoms with Crippen LogP contribution in [-0.2, 0) is 6.42 Å². The molecule has 2 nitrogen and oxygen atoms in total. The van der Waals surface area contributed by atoms with E-state index in [1.807, 2.05) is 12.1 Å². The summed E-state index contributed by atoms with van der Waals surface area (Å²) in [5, 5.41) is 0.880. The van der Waals surface area contributed by atoms with Crippen molar-refractivity contribution in [3.8, 4) is 0 Å². The van der Waals surface area contributed by atoms with Gasteiger partial charge >= 0.3 is 0 Å². The summed E-state index contributed by atoms with van der Waals surface area (Å²) < 4.78 is 0. The van der Waals surface area contributed by atoms with Crippen molar-refractivity contribution in [2.45, 2.75) is 45.4 Å². The zero-order valence-electron chi connectivity index (χ0n) is 12.6. The highest BCUT2D eigenvalue weighted by atomic mass is 35.5. The van der Waals surface area contributed by atoms with Gasteiger partial charge in [-0.05, 0) is 49.8 Å². The molecule has 112 valence electrons. The van der Waals surface area contributed by atoms with Gasteiger partial charge in [0.1, 0.15) is 0 Å².